The van der Waals surface area contributed by atoms with Crippen LogP contribution in [-0.2, 0) is 11.2 Å². The molecule has 0 aromatic carbocycles. The van der Waals surface area contributed by atoms with E-state index in [0.29, 0.717) is 18.2 Å². The molecule has 0 saturated carbocycles. The number of hydrogen-bond acceptors (Lipinski definition) is 3. The van der Waals surface area contributed by atoms with Gasteiger partial charge in [0, 0.05) is 18.3 Å². The van der Waals surface area contributed by atoms with E-state index in [1.54, 1.807) is 12.3 Å². The molecule has 0 aliphatic carbocycles. The van der Waals surface area contributed by atoms with Gasteiger partial charge in [-0.15, -0.1) is 0 Å². The van der Waals surface area contributed by atoms with Crippen molar-refractivity contribution in [3.8, 4) is 0 Å². The highest BCUT2D eigenvalue weighted by molar-refractivity contribution is 5.78. The predicted octanol–water partition coefficient (Wildman–Crippen LogP) is 2.39. The first-order valence-corrected chi connectivity index (χ1v) is 7.20. The van der Waals surface area contributed by atoms with Gasteiger partial charge in [-0.3, -0.25) is 9.78 Å². The zero-order valence-corrected chi connectivity index (χ0v) is 11.6. The van der Waals surface area contributed by atoms with Crippen LogP contribution in [0.4, 0.5) is 5.69 Å². The molecule has 1 atom stereocenters. The molecule has 0 radical (unpaired) electrons. The van der Waals surface area contributed by atoms with Gasteiger partial charge in [0.2, 0.25) is 5.91 Å². The number of hydrogen-bond donors (Lipinski definition) is 1. The lowest BCUT2D eigenvalue weighted by Crippen LogP contribution is -2.40. The molecular weight excluding hydrogens is 238 g/mol. The van der Waals surface area contributed by atoms with Crippen LogP contribution in [0.3, 0.4) is 0 Å². The number of nitrogen functional groups attached to an aromatic ring is 1. The summed E-state index contributed by atoms with van der Waals surface area (Å²) in [6.45, 7) is 3.06. The lowest BCUT2D eigenvalue weighted by molar-refractivity contribution is -0.132. The Hall–Kier alpha value is -1.58. The maximum atomic E-state index is 12.4. The zero-order chi connectivity index (χ0) is 13.7. The zero-order valence-electron chi connectivity index (χ0n) is 11.6. The quantitative estimate of drug-likeness (QED) is 0.908. The predicted molar refractivity (Wildman–Crippen MR) is 76.6 cm³/mol. The van der Waals surface area contributed by atoms with Crippen molar-refractivity contribution in [1.29, 1.82) is 0 Å². The summed E-state index contributed by atoms with van der Waals surface area (Å²) < 4.78 is 0. The summed E-state index contributed by atoms with van der Waals surface area (Å²) in [5.74, 6) is 0.200. The Labute approximate surface area is 115 Å². The van der Waals surface area contributed by atoms with Gasteiger partial charge in [-0.1, -0.05) is 19.8 Å². The molecule has 1 aromatic heterocycles. The van der Waals surface area contributed by atoms with E-state index >= 15 is 0 Å². The minimum Gasteiger partial charge on any atom is -0.397 e. The Balaban J connectivity index is 2.02. The van der Waals surface area contributed by atoms with Crippen molar-refractivity contribution < 1.29 is 4.79 Å². The number of carbonyl (C=O) groups excluding carboxylic acids is 1. The first-order chi connectivity index (χ1) is 9.20. The third kappa shape index (κ3) is 3.69. The minimum atomic E-state index is 0.200. The Morgan fingerprint density at radius 2 is 2.26 bits per heavy atom. The number of carbonyl (C=O) groups is 1. The normalized spacial score (nSPS) is 20.1. The highest BCUT2D eigenvalue weighted by Crippen LogP contribution is 2.20. The van der Waals surface area contributed by atoms with Crippen molar-refractivity contribution in [2.75, 3.05) is 12.3 Å². The fraction of sp³-hybridized carbons (Fsp3) is 0.600. The van der Waals surface area contributed by atoms with Gasteiger partial charge in [0.15, 0.2) is 0 Å². The molecule has 2 N–H and O–H groups in total. The average Bonchev–Trinajstić information content (AvgIpc) is 2.66. The van der Waals surface area contributed by atoms with Crippen LogP contribution in [0, 0.1) is 0 Å². The second-order valence-electron chi connectivity index (χ2n) is 5.26. The van der Waals surface area contributed by atoms with Crippen molar-refractivity contribution in [2.45, 2.75) is 51.5 Å². The molecule has 1 aliphatic rings. The van der Waals surface area contributed by atoms with Crippen molar-refractivity contribution in [3.05, 3.63) is 24.0 Å². The SMILES string of the molecule is CCC1CCCCCN1C(=O)Cc1ccc(N)cn1. The molecule has 1 aliphatic heterocycles. The van der Waals surface area contributed by atoms with Gasteiger partial charge in [-0.25, -0.2) is 0 Å². The van der Waals surface area contributed by atoms with Gasteiger partial charge in [-0.2, -0.15) is 0 Å². The number of likely N-dealkylation sites (tertiary alicyclic amines) is 1. The molecule has 1 saturated heterocycles. The van der Waals surface area contributed by atoms with E-state index in [2.05, 4.69) is 16.8 Å². The largest absolute Gasteiger partial charge is 0.397 e. The van der Waals surface area contributed by atoms with E-state index in [4.69, 9.17) is 5.73 Å². The van der Waals surface area contributed by atoms with Gasteiger partial charge >= 0.3 is 0 Å². The van der Waals surface area contributed by atoms with Crippen LogP contribution in [-0.4, -0.2) is 28.4 Å². The van der Waals surface area contributed by atoms with E-state index in [1.807, 2.05) is 6.07 Å². The van der Waals surface area contributed by atoms with Crippen LogP contribution in [0.25, 0.3) is 0 Å². The van der Waals surface area contributed by atoms with Crippen molar-refractivity contribution in [2.24, 2.45) is 0 Å². The molecule has 19 heavy (non-hydrogen) atoms. The third-order valence-corrected chi connectivity index (χ3v) is 3.85. The summed E-state index contributed by atoms with van der Waals surface area (Å²) in [7, 11) is 0. The van der Waals surface area contributed by atoms with Crippen LogP contribution in [0.15, 0.2) is 18.3 Å². The van der Waals surface area contributed by atoms with E-state index in [9.17, 15) is 4.79 Å². The average molecular weight is 261 g/mol. The maximum absolute atomic E-state index is 12.4. The number of nitrogens with two attached hydrogens (primary N) is 1. The Morgan fingerprint density at radius 3 is 2.95 bits per heavy atom. The summed E-state index contributed by atoms with van der Waals surface area (Å²) in [6, 6.07) is 4.05. The van der Waals surface area contributed by atoms with Crippen LogP contribution >= 0.6 is 0 Å². The molecule has 1 amide bonds. The first-order valence-electron chi connectivity index (χ1n) is 7.20. The number of anilines is 1. The minimum absolute atomic E-state index is 0.200. The maximum Gasteiger partial charge on any atom is 0.228 e. The molecule has 1 fully saturated rings. The Kier molecular flexibility index (Phi) is 4.77. The molecule has 104 valence electrons. The number of pyridine rings is 1. The van der Waals surface area contributed by atoms with E-state index in [0.717, 1.165) is 31.5 Å². The molecule has 4 nitrogen and oxygen atoms in total. The van der Waals surface area contributed by atoms with Gasteiger partial charge in [0.05, 0.1) is 18.3 Å². The smallest absolute Gasteiger partial charge is 0.228 e. The monoisotopic (exact) mass is 261 g/mol. The van der Waals surface area contributed by atoms with Crippen molar-refractivity contribution in [1.82, 2.24) is 9.88 Å². The third-order valence-electron chi connectivity index (χ3n) is 3.85. The topological polar surface area (TPSA) is 59.2 Å². The second kappa shape index (κ2) is 6.55. The summed E-state index contributed by atoms with van der Waals surface area (Å²) in [5.41, 5.74) is 7.05. The molecule has 2 heterocycles. The van der Waals surface area contributed by atoms with Crippen molar-refractivity contribution in [3.63, 3.8) is 0 Å². The van der Waals surface area contributed by atoms with Crippen LogP contribution in [0.2, 0.25) is 0 Å². The summed E-state index contributed by atoms with van der Waals surface area (Å²) in [4.78, 5) is 18.7. The lowest BCUT2D eigenvalue weighted by atomic mass is 10.1. The molecule has 0 bridgehead atoms. The van der Waals surface area contributed by atoms with Gasteiger partial charge in [-0.05, 0) is 31.4 Å². The van der Waals surface area contributed by atoms with Crippen molar-refractivity contribution >= 4 is 11.6 Å². The van der Waals surface area contributed by atoms with E-state index in [-0.39, 0.29) is 5.91 Å². The molecule has 0 spiro atoms. The lowest BCUT2D eigenvalue weighted by Gasteiger charge is -2.29. The number of nitrogens with zero attached hydrogens (tertiary/aromatic N) is 2. The summed E-state index contributed by atoms with van der Waals surface area (Å²) in [5, 5.41) is 0. The second-order valence-corrected chi connectivity index (χ2v) is 5.26. The van der Waals surface area contributed by atoms with Gasteiger partial charge in [0.25, 0.3) is 0 Å². The molecule has 1 unspecified atom stereocenters. The fourth-order valence-electron chi connectivity index (χ4n) is 2.73. The van der Waals surface area contributed by atoms with E-state index < -0.39 is 0 Å². The van der Waals surface area contributed by atoms with Gasteiger partial charge in [0.1, 0.15) is 0 Å². The van der Waals surface area contributed by atoms with E-state index in [1.165, 1.54) is 12.8 Å². The summed E-state index contributed by atoms with van der Waals surface area (Å²) in [6.07, 6.45) is 7.78. The Bertz CT molecular complexity index is 416. The first kappa shape index (κ1) is 13.8. The molecule has 1 aromatic rings. The number of aromatic nitrogens is 1. The van der Waals surface area contributed by atoms with Crippen LogP contribution in [0.1, 0.15) is 44.7 Å². The highest BCUT2D eigenvalue weighted by atomic mass is 16.2. The molecular formula is C15H23N3O. The van der Waals surface area contributed by atoms with Gasteiger partial charge < -0.3 is 10.6 Å². The summed E-state index contributed by atoms with van der Waals surface area (Å²) >= 11 is 0. The highest BCUT2D eigenvalue weighted by Gasteiger charge is 2.24. The van der Waals surface area contributed by atoms with Crippen LogP contribution < -0.4 is 5.73 Å². The fourth-order valence-corrected chi connectivity index (χ4v) is 2.73. The molecule has 2 rings (SSSR count). The number of amides is 1. The standard InChI is InChI=1S/C15H23N3O/c1-2-14-6-4-3-5-9-18(14)15(19)10-13-8-7-12(16)11-17-13/h7-8,11,14H,2-6,9-10,16H2,1H3. The molecule has 4 heteroatoms. The Morgan fingerprint density at radius 1 is 1.42 bits per heavy atom. The van der Waals surface area contributed by atoms with Crippen LogP contribution in [0.5, 0.6) is 0 Å². The number of rotatable bonds is 3.